The number of alkyl halides is 1. The molecule has 1 aromatic rings. The third-order valence-electron chi connectivity index (χ3n) is 2.59. The number of methoxy groups -OCH3 is 1. The molecule has 0 amide bonds. The summed E-state index contributed by atoms with van der Waals surface area (Å²) in [4.78, 5) is 0. The van der Waals surface area contributed by atoms with Gasteiger partial charge in [0, 0.05) is 5.38 Å². The zero-order chi connectivity index (χ0) is 12.0. The molecule has 0 aliphatic rings. The van der Waals surface area contributed by atoms with Gasteiger partial charge in [-0.05, 0) is 30.9 Å². The fourth-order valence-electron chi connectivity index (χ4n) is 1.68. The molecule has 0 spiro atoms. The Morgan fingerprint density at radius 3 is 2.75 bits per heavy atom. The summed E-state index contributed by atoms with van der Waals surface area (Å²) >= 11 is 6.10. The van der Waals surface area contributed by atoms with Gasteiger partial charge in [0.1, 0.15) is 0 Å². The highest BCUT2D eigenvalue weighted by Gasteiger charge is 2.10. The first kappa shape index (κ1) is 13.3. The molecule has 16 heavy (non-hydrogen) atoms. The molecule has 1 aromatic carbocycles. The molecule has 90 valence electrons. The summed E-state index contributed by atoms with van der Waals surface area (Å²) in [6.07, 6.45) is 3.51. The summed E-state index contributed by atoms with van der Waals surface area (Å²) in [6, 6.07) is 5.22. The molecule has 0 saturated heterocycles. The maximum Gasteiger partial charge on any atom is 0.168 e. The predicted octanol–water partition coefficient (Wildman–Crippen LogP) is 4.17. The first-order valence-electron chi connectivity index (χ1n) is 5.64. The van der Waals surface area contributed by atoms with E-state index in [0.29, 0.717) is 17.7 Å². The molecule has 3 heteroatoms. The van der Waals surface area contributed by atoms with Crippen LogP contribution in [0.3, 0.4) is 0 Å². The van der Waals surface area contributed by atoms with Crippen LogP contribution in [0.2, 0.25) is 0 Å². The van der Waals surface area contributed by atoms with Crippen molar-refractivity contribution in [2.75, 3.05) is 7.11 Å². The van der Waals surface area contributed by atoms with Gasteiger partial charge in [0.15, 0.2) is 11.6 Å². The molecule has 0 aromatic heterocycles. The molecule has 0 saturated carbocycles. The molecular weight excluding hydrogens is 227 g/mol. The molecule has 0 aliphatic carbocycles. The van der Waals surface area contributed by atoms with E-state index in [1.165, 1.54) is 7.11 Å². The monoisotopic (exact) mass is 244 g/mol. The molecule has 0 N–H and O–H groups in total. The second-order valence-corrected chi connectivity index (χ2v) is 4.48. The lowest BCUT2D eigenvalue weighted by molar-refractivity contribution is 0.384. The normalized spacial score (nSPS) is 12.5. The van der Waals surface area contributed by atoms with E-state index in [4.69, 9.17) is 16.3 Å². The maximum absolute atomic E-state index is 13.7. The van der Waals surface area contributed by atoms with Crippen LogP contribution in [0.5, 0.6) is 5.75 Å². The number of aryl methyl sites for hydroxylation is 1. The minimum atomic E-state index is -0.259. The summed E-state index contributed by atoms with van der Waals surface area (Å²) in [6.45, 7) is 2.10. The lowest BCUT2D eigenvalue weighted by Crippen LogP contribution is -2.02. The largest absolute Gasteiger partial charge is 0.494 e. The van der Waals surface area contributed by atoms with Crippen molar-refractivity contribution in [2.24, 2.45) is 0 Å². The molecular formula is C13H18ClFO. The van der Waals surface area contributed by atoms with Gasteiger partial charge in [0.2, 0.25) is 0 Å². The standard InChI is InChI=1S/C13H18ClFO/c1-3-5-11(14)9-8-10-6-4-7-12(16-2)13(10)15/h4,6-7,11H,3,5,8-9H2,1-2H3. The van der Waals surface area contributed by atoms with E-state index in [1.54, 1.807) is 18.2 Å². The number of halogens is 2. The Bertz CT molecular complexity index is 328. The molecule has 1 unspecified atom stereocenters. The van der Waals surface area contributed by atoms with Crippen molar-refractivity contribution in [3.63, 3.8) is 0 Å². The SMILES string of the molecule is CCCC(Cl)CCc1cccc(OC)c1F. The van der Waals surface area contributed by atoms with Gasteiger partial charge < -0.3 is 4.74 Å². The molecule has 0 fully saturated rings. The van der Waals surface area contributed by atoms with Gasteiger partial charge in [-0.25, -0.2) is 4.39 Å². The summed E-state index contributed by atoms with van der Waals surface area (Å²) in [5, 5.41) is 0.135. The van der Waals surface area contributed by atoms with E-state index >= 15 is 0 Å². The molecule has 0 radical (unpaired) electrons. The Hall–Kier alpha value is -0.760. The Morgan fingerprint density at radius 2 is 2.12 bits per heavy atom. The molecule has 1 nitrogen and oxygen atoms in total. The van der Waals surface area contributed by atoms with Gasteiger partial charge in [-0.2, -0.15) is 0 Å². The second-order valence-electron chi connectivity index (χ2n) is 3.86. The van der Waals surface area contributed by atoms with Crippen LogP contribution < -0.4 is 4.74 Å². The molecule has 0 aliphatic heterocycles. The number of ether oxygens (including phenoxy) is 1. The van der Waals surface area contributed by atoms with Gasteiger partial charge in [-0.3, -0.25) is 0 Å². The molecule has 0 bridgehead atoms. The van der Waals surface area contributed by atoms with E-state index in [2.05, 4.69) is 6.92 Å². The van der Waals surface area contributed by atoms with Crippen LogP contribution in [-0.4, -0.2) is 12.5 Å². The van der Waals surface area contributed by atoms with Gasteiger partial charge in [0.25, 0.3) is 0 Å². The van der Waals surface area contributed by atoms with Crippen molar-refractivity contribution in [1.29, 1.82) is 0 Å². The van der Waals surface area contributed by atoms with Crippen molar-refractivity contribution in [3.8, 4) is 5.75 Å². The fourth-order valence-corrected chi connectivity index (χ4v) is 2.00. The van der Waals surface area contributed by atoms with Crippen molar-refractivity contribution in [2.45, 2.75) is 38.0 Å². The highest BCUT2D eigenvalue weighted by Crippen LogP contribution is 2.22. The van der Waals surface area contributed by atoms with E-state index < -0.39 is 0 Å². The van der Waals surface area contributed by atoms with Crippen LogP contribution in [-0.2, 0) is 6.42 Å². The topological polar surface area (TPSA) is 9.23 Å². The predicted molar refractivity (Wildman–Crippen MR) is 65.8 cm³/mol. The van der Waals surface area contributed by atoms with E-state index in [-0.39, 0.29) is 11.2 Å². The van der Waals surface area contributed by atoms with Crippen LogP contribution in [0.25, 0.3) is 0 Å². The maximum atomic E-state index is 13.7. The Kier molecular flexibility index (Phi) is 5.61. The van der Waals surface area contributed by atoms with Crippen LogP contribution in [0, 0.1) is 5.82 Å². The van der Waals surface area contributed by atoms with Crippen LogP contribution >= 0.6 is 11.6 Å². The van der Waals surface area contributed by atoms with Gasteiger partial charge in [0.05, 0.1) is 7.11 Å². The van der Waals surface area contributed by atoms with Crippen LogP contribution in [0.15, 0.2) is 18.2 Å². The van der Waals surface area contributed by atoms with Crippen LogP contribution in [0.4, 0.5) is 4.39 Å². The summed E-state index contributed by atoms with van der Waals surface area (Å²) in [5.41, 5.74) is 0.682. The Labute approximate surface area is 102 Å². The molecule has 1 rings (SSSR count). The van der Waals surface area contributed by atoms with Crippen molar-refractivity contribution >= 4 is 11.6 Å². The lowest BCUT2D eigenvalue weighted by Gasteiger charge is -2.10. The average molecular weight is 245 g/mol. The molecule has 1 atom stereocenters. The average Bonchev–Trinajstić information content (AvgIpc) is 2.28. The third-order valence-corrected chi connectivity index (χ3v) is 3.03. The van der Waals surface area contributed by atoms with E-state index in [1.807, 2.05) is 0 Å². The zero-order valence-corrected chi connectivity index (χ0v) is 10.6. The van der Waals surface area contributed by atoms with Crippen molar-refractivity contribution in [3.05, 3.63) is 29.6 Å². The minimum Gasteiger partial charge on any atom is -0.494 e. The summed E-state index contributed by atoms with van der Waals surface area (Å²) in [5.74, 6) is 0.0458. The summed E-state index contributed by atoms with van der Waals surface area (Å²) in [7, 11) is 1.48. The van der Waals surface area contributed by atoms with E-state index in [9.17, 15) is 4.39 Å². The number of hydrogen-bond acceptors (Lipinski definition) is 1. The minimum absolute atomic E-state index is 0.135. The highest BCUT2D eigenvalue weighted by molar-refractivity contribution is 6.20. The second kappa shape index (κ2) is 6.74. The smallest absolute Gasteiger partial charge is 0.168 e. The quantitative estimate of drug-likeness (QED) is 0.683. The first-order chi connectivity index (χ1) is 7.69. The van der Waals surface area contributed by atoms with Gasteiger partial charge in [-0.15, -0.1) is 11.6 Å². The van der Waals surface area contributed by atoms with Gasteiger partial charge in [-0.1, -0.05) is 25.5 Å². The fraction of sp³-hybridized carbons (Fsp3) is 0.538. The molecule has 0 heterocycles. The van der Waals surface area contributed by atoms with E-state index in [0.717, 1.165) is 19.3 Å². The lowest BCUT2D eigenvalue weighted by atomic mass is 10.1. The number of rotatable bonds is 6. The number of hydrogen-bond donors (Lipinski definition) is 0. The van der Waals surface area contributed by atoms with Crippen molar-refractivity contribution in [1.82, 2.24) is 0 Å². The summed E-state index contributed by atoms with van der Waals surface area (Å²) < 4.78 is 18.7. The first-order valence-corrected chi connectivity index (χ1v) is 6.08. The highest BCUT2D eigenvalue weighted by atomic mass is 35.5. The third kappa shape index (κ3) is 3.67. The number of benzene rings is 1. The zero-order valence-electron chi connectivity index (χ0n) is 9.80. The van der Waals surface area contributed by atoms with Crippen molar-refractivity contribution < 1.29 is 9.13 Å². The Morgan fingerprint density at radius 1 is 1.38 bits per heavy atom. The Balaban J connectivity index is 2.60. The van der Waals surface area contributed by atoms with Crippen LogP contribution in [0.1, 0.15) is 31.7 Å². The van der Waals surface area contributed by atoms with Gasteiger partial charge >= 0.3 is 0 Å².